The van der Waals surface area contributed by atoms with Gasteiger partial charge in [-0.1, -0.05) is 0 Å². The lowest BCUT2D eigenvalue weighted by Gasteiger charge is -2.15. The van der Waals surface area contributed by atoms with Crippen LogP contribution in [0, 0.1) is 13.8 Å². The Labute approximate surface area is 145 Å². The van der Waals surface area contributed by atoms with Crippen LogP contribution in [-0.4, -0.2) is 41.0 Å². The second-order valence-electron chi connectivity index (χ2n) is 5.56. The van der Waals surface area contributed by atoms with Crippen molar-refractivity contribution in [2.45, 2.75) is 20.3 Å². The first-order valence-electron chi connectivity index (χ1n) is 7.56. The molecule has 0 unspecified atom stereocenters. The van der Waals surface area contributed by atoms with E-state index in [0.717, 1.165) is 17.0 Å². The van der Waals surface area contributed by atoms with E-state index in [1.165, 1.54) is 26.4 Å². The summed E-state index contributed by atoms with van der Waals surface area (Å²) in [5, 5.41) is 16.2. The number of nitrogens with zero attached hydrogens (tertiary/aromatic N) is 2. The molecule has 8 nitrogen and oxygen atoms in total. The van der Waals surface area contributed by atoms with E-state index < -0.39 is 5.97 Å². The summed E-state index contributed by atoms with van der Waals surface area (Å²) < 4.78 is 12.1. The van der Waals surface area contributed by atoms with Gasteiger partial charge in [0.2, 0.25) is 5.91 Å². The molecule has 0 saturated heterocycles. The number of hydrogen-bond acceptors (Lipinski definition) is 5. The lowest BCUT2D eigenvalue weighted by atomic mass is 10.1. The third-order valence-corrected chi connectivity index (χ3v) is 4.00. The average molecular weight is 347 g/mol. The number of anilines is 1. The van der Waals surface area contributed by atoms with Crippen molar-refractivity contribution in [3.8, 4) is 11.5 Å². The fourth-order valence-corrected chi connectivity index (χ4v) is 2.61. The van der Waals surface area contributed by atoms with Crippen LogP contribution in [-0.2, 0) is 18.3 Å². The largest absolute Gasteiger partial charge is 0.493 e. The van der Waals surface area contributed by atoms with Gasteiger partial charge in [0, 0.05) is 18.3 Å². The van der Waals surface area contributed by atoms with Crippen LogP contribution in [0.1, 0.15) is 27.3 Å². The lowest BCUT2D eigenvalue weighted by Crippen LogP contribution is -2.16. The molecule has 0 bridgehead atoms. The number of methoxy groups -OCH3 is 2. The summed E-state index contributed by atoms with van der Waals surface area (Å²) in [5.41, 5.74) is 2.74. The molecular formula is C17H21N3O5. The fourth-order valence-electron chi connectivity index (χ4n) is 2.61. The van der Waals surface area contributed by atoms with Gasteiger partial charge < -0.3 is 19.9 Å². The van der Waals surface area contributed by atoms with Gasteiger partial charge in [0.05, 0.1) is 37.6 Å². The van der Waals surface area contributed by atoms with Gasteiger partial charge in [-0.3, -0.25) is 9.48 Å². The number of carboxylic acids is 1. The highest BCUT2D eigenvalue weighted by atomic mass is 16.5. The van der Waals surface area contributed by atoms with Crippen LogP contribution >= 0.6 is 0 Å². The van der Waals surface area contributed by atoms with Gasteiger partial charge in [-0.25, -0.2) is 4.79 Å². The second-order valence-corrected chi connectivity index (χ2v) is 5.56. The number of rotatable bonds is 6. The number of ether oxygens (including phenoxy) is 2. The van der Waals surface area contributed by atoms with Crippen LogP contribution in [0.4, 0.5) is 5.69 Å². The molecule has 1 aromatic carbocycles. The van der Waals surface area contributed by atoms with Crippen molar-refractivity contribution in [1.82, 2.24) is 9.78 Å². The normalized spacial score (nSPS) is 10.4. The van der Waals surface area contributed by atoms with E-state index in [-0.39, 0.29) is 35.1 Å². The van der Waals surface area contributed by atoms with Crippen molar-refractivity contribution >= 4 is 17.6 Å². The van der Waals surface area contributed by atoms with E-state index in [9.17, 15) is 14.7 Å². The third-order valence-electron chi connectivity index (χ3n) is 4.00. The Balaban J connectivity index is 2.33. The maximum absolute atomic E-state index is 12.5. The molecule has 0 aliphatic carbocycles. The maximum atomic E-state index is 12.5. The van der Waals surface area contributed by atoms with Gasteiger partial charge >= 0.3 is 5.97 Å². The Morgan fingerprint density at radius 2 is 1.92 bits per heavy atom. The van der Waals surface area contributed by atoms with E-state index in [2.05, 4.69) is 10.4 Å². The Bertz CT molecular complexity index is 826. The predicted octanol–water partition coefficient (Wildman–Crippen LogP) is 1.93. The first kappa shape index (κ1) is 18.3. The molecule has 2 N–H and O–H groups in total. The molecule has 25 heavy (non-hydrogen) atoms. The first-order chi connectivity index (χ1) is 11.8. The zero-order valence-electron chi connectivity index (χ0n) is 14.8. The molecule has 1 heterocycles. The smallest absolute Gasteiger partial charge is 0.335 e. The van der Waals surface area contributed by atoms with Crippen LogP contribution in [0.5, 0.6) is 11.5 Å². The minimum atomic E-state index is -1.13. The number of carbonyl (C=O) groups excluding carboxylic acids is 1. The van der Waals surface area contributed by atoms with Gasteiger partial charge in [0.15, 0.2) is 11.5 Å². The molecular weight excluding hydrogens is 326 g/mol. The van der Waals surface area contributed by atoms with Crippen LogP contribution < -0.4 is 14.8 Å². The topological polar surface area (TPSA) is 103 Å². The standard InChI is InChI=1S/C17H21N3O5/c1-9-12(10(2)20(3)19-9)8-15(21)18-13-6-11(17(22)23)7-14(24-4)16(13)25-5/h6-7H,8H2,1-5H3,(H,18,21)(H,22,23). The highest BCUT2D eigenvalue weighted by Gasteiger charge is 2.19. The number of benzene rings is 1. The maximum Gasteiger partial charge on any atom is 0.335 e. The van der Waals surface area contributed by atoms with Gasteiger partial charge in [0.1, 0.15) is 0 Å². The van der Waals surface area contributed by atoms with Gasteiger partial charge in [-0.15, -0.1) is 0 Å². The Hall–Kier alpha value is -3.03. The lowest BCUT2D eigenvalue weighted by molar-refractivity contribution is -0.115. The summed E-state index contributed by atoms with van der Waals surface area (Å²) in [6, 6.07) is 2.68. The molecule has 0 saturated carbocycles. The summed E-state index contributed by atoms with van der Waals surface area (Å²) in [5.74, 6) is -0.940. The van der Waals surface area contributed by atoms with E-state index in [1.54, 1.807) is 4.68 Å². The summed E-state index contributed by atoms with van der Waals surface area (Å²) in [4.78, 5) is 23.7. The molecule has 2 rings (SSSR count). The summed E-state index contributed by atoms with van der Waals surface area (Å²) in [6.45, 7) is 3.72. The van der Waals surface area contributed by atoms with Gasteiger partial charge in [-0.05, 0) is 26.0 Å². The first-order valence-corrected chi connectivity index (χ1v) is 7.56. The number of aromatic nitrogens is 2. The van der Waals surface area contributed by atoms with Crippen molar-refractivity contribution in [2.24, 2.45) is 7.05 Å². The average Bonchev–Trinajstić information content (AvgIpc) is 2.80. The molecule has 0 atom stereocenters. The number of aryl methyl sites for hydroxylation is 2. The Kier molecular flexibility index (Phi) is 5.31. The highest BCUT2D eigenvalue weighted by molar-refractivity contribution is 5.97. The number of hydrogen-bond donors (Lipinski definition) is 2. The minimum absolute atomic E-state index is 0.0123. The van der Waals surface area contributed by atoms with E-state index in [1.807, 2.05) is 20.9 Å². The van der Waals surface area contributed by atoms with Crippen molar-refractivity contribution in [3.05, 3.63) is 34.6 Å². The van der Waals surface area contributed by atoms with Crippen LogP contribution in [0.3, 0.4) is 0 Å². The number of carboxylic acid groups (broad SMARTS) is 1. The van der Waals surface area contributed by atoms with E-state index in [4.69, 9.17) is 9.47 Å². The molecule has 0 fully saturated rings. The van der Waals surface area contributed by atoms with E-state index >= 15 is 0 Å². The third kappa shape index (κ3) is 3.73. The van der Waals surface area contributed by atoms with Crippen molar-refractivity contribution in [2.75, 3.05) is 19.5 Å². The Morgan fingerprint density at radius 1 is 1.24 bits per heavy atom. The quantitative estimate of drug-likeness (QED) is 0.828. The van der Waals surface area contributed by atoms with Crippen molar-refractivity contribution in [3.63, 3.8) is 0 Å². The Morgan fingerprint density at radius 3 is 2.40 bits per heavy atom. The van der Waals surface area contributed by atoms with Crippen molar-refractivity contribution < 1.29 is 24.2 Å². The molecule has 0 spiro atoms. The van der Waals surface area contributed by atoms with Crippen LogP contribution in [0.2, 0.25) is 0 Å². The predicted molar refractivity (Wildman–Crippen MR) is 91.5 cm³/mol. The SMILES string of the molecule is COc1cc(C(=O)O)cc(NC(=O)Cc2c(C)nn(C)c2C)c1OC. The molecule has 2 aromatic rings. The molecule has 1 amide bonds. The van der Waals surface area contributed by atoms with E-state index in [0.29, 0.717) is 0 Å². The molecule has 0 aliphatic heterocycles. The summed E-state index contributed by atoms with van der Waals surface area (Å²) in [7, 11) is 4.63. The molecule has 0 aliphatic rings. The van der Waals surface area contributed by atoms with Crippen LogP contribution in [0.15, 0.2) is 12.1 Å². The fraction of sp³-hybridized carbons (Fsp3) is 0.353. The number of nitrogens with one attached hydrogen (secondary N) is 1. The minimum Gasteiger partial charge on any atom is -0.493 e. The number of aromatic carboxylic acids is 1. The number of carbonyl (C=O) groups is 2. The molecule has 134 valence electrons. The zero-order valence-corrected chi connectivity index (χ0v) is 14.8. The zero-order chi connectivity index (χ0) is 18.7. The van der Waals surface area contributed by atoms with Gasteiger partial charge in [-0.2, -0.15) is 5.10 Å². The van der Waals surface area contributed by atoms with Crippen molar-refractivity contribution in [1.29, 1.82) is 0 Å². The molecule has 1 aromatic heterocycles. The summed E-state index contributed by atoms with van der Waals surface area (Å²) >= 11 is 0. The second kappa shape index (κ2) is 7.25. The van der Waals surface area contributed by atoms with Crippen LogP contribution in [0.25, 0.3) is 0 Å². The highest BCUT2D eigenvalue weighted by Crippen LogP contribution is 2.36. The molecule has 0 radical (unpaired) electrons. The molecule has 8 heteroatoms. The summed E-state index contributed by atoms with van der Waals surface area (Å²) in [6.07, 6.45) is 0.119. The monoisotopic (exact) mass is 347 g/mol. The number of amides is 1. The van der Waals surface area contributed by atoms with Gasteiger partial charge in [0.25, 0.3) is 0 Å².